The number of esters is 1. The van der Waals surface area contributed by atoms with Gasteiger partial charge in [-0.2, -0.15) is 0 Å². The molecule has 0 radical (unpaired) electrons. The fraction of sp³-hybridized carbons (Fsp3) is 0.269. The maximum absolute atomic E-state index is 11.6. The molecule has 0 saturated carbocycles. The number of benzene rings is 3. The lowest BCUT2D eigenvalue weighted by molar-refractivity contribution is 0.0600. The van der Waals surface area contributed by atoms with Crippen LogP contribution in [0.3, 0.4) is 0 Å². The molecule has 3 aromatic rings. The van der Waals surface area contributed by atoms with E-state index >= 15 is 0 Å². The first kappa shape index (κ1) is 21.4. The molecule has 0 bridgehead atoms. The van der Waals surface area contributed by atoms with E-state index in [-0.39, 0.29) is 5.97 Å². The number of aryl methyl sites for hydroxylation is 4. The van der Waals surface area contributed by atoms with Crippen LogP contribution < -0.4 is 9.47 Å². The average Bonchev–Trinajstić information content (AvgIpc) is 2.81. The number of ether oxygens (including phenoxy) is 3. The van der Waals surface area contributed by atoms with Gasteiger partial charge in [-0.15, -0.1) is 0 Å². The quantitative estimate of drug-likeness (QED) is 0.468. The Bertz CT molecular complexity index is 962. The van der Waals surface area contributed by atoms with Crippen LogP contribution in [0.4, 0.5) is 0 Å². The summed E-state index contributed by atoms with van der Waals surface area (Å²) in [5.74, 6) is 1.37. The summed E-state index contributed by atoms with van der Waals surface area (Å²) in [5, 5.41) is 0. The molecule has 0 heterocycles. The highest BCUT2D eigenvalue weighted by Gasteiger charge is 2.12. The molecule has 0 aliphatic carbocycles. The molecule has 0 spiro atoms. The zero-order chi connectivity index (χ0) is 21.3. The van der Waals surface area contributed by atoms with Gasteiger partial charge in [0, 0.05) is 6.07 Å². The summed E-state index contributed by atoms with van der Waals surface area (Å²) in [7, 11) is 4.78. The highest BCUT2D eigenvalue weighted by molar-refractivity contribution is 5.89. The molecule has 3 aromatic carbocycles. The van der Waals surface area contributed by atoms with E-state index in [9.17, 15) is 4.79 Å². The van der Waals surface area contributed by atoms with Gasteiger partial charge in [-0.3, -0.25) is 0 Å². The zero-order valence-corrected chi connectivity index (χ0v) is 17.8. The molecule has 0 amide bonds. The van der Waals surface area contributed by atoms with Crippen molar-refractivity contribution in [2.45, 2.75) is 25.7 Å². The van der Waals surface area contributed by atoms with Crippen LogP contribution in [0.1, 0.15) is 32.6 Å². The number of rotatable bonds is 9. The van der Waals surface area contributed by atoms with Crippen LogP contribution in [-0.4, -0.2) is 27.3 Å². The minimum Gasteiger partial charge on any atom is -0.496 e. The Morgan fingerprint density at radius 1 is 0.667 bits per heavy atom. The standard InChI is InChI=1S/C26H28O4/c1-28-24-18-25(29-2)23(17-22(24)15-11-19-7-5-4-6-8-19)16-12-20-9-13-21(14-10-20)26(27)30-3/h4-10,13-14,17-18H,11-12,15-16H2,1-3H3. The third-order valence-electron chi connectivity index (χ3n) is 5.27. The maximum atomic E-state index is 11.6. The van der Waals surface area contributed by atoms with Crippen LogP contribution in [0.5, 0.6) is 11.5 Å². The van der Waals surface area contributed by atoms with Gasteiger partial charge in [0.15, 0.2) is 0 Å². The Kier molecular flexibility index (Phi) is 7.50. The first-order chi connectivity index (χ1) is 14.6. The zero-order valence-electron chi connectivity index (χ0n) is 17.8. The highest BCUT2D eigenvalue weighted by Crippen LogP contribution is 2.31. The Morgan fingerprint density at radius 2 is 1.20 bits per heavy atom. The normalized spacial score (nSPS) is 10.5. The molecule has 0 aliphatic rings. The third kappa shape index (κ3) is 5.41. The van der Waals surface area contributed by atoms with Gasteiger partial charge in [-0.25, -0.2) is 4.79 Å². The van der Waals surface area contributed by atoms with E-state index in [1.165, 1.54) is 18.2 Å². The molecular weight excluding hydrogens is 376 g/mol. The molecule has 0 saturated heterocycles. The second-order valence-corrected chi connectivity index (χ2v) is 7.15. The van der Waals surface area contributed by atoms with Crippen LogP contribution in [0.2, 0.25) is 0 Å². The highest BCUT2D eigenvalue weighted by atomic mass is 16.5. The second-order valence-electron chi connectivity index (χ2n) is 7.15. The predicted molar refractivity (Wildman–Crippen MR) is 119 cm³/mol. The molecular formula is C26H28O4. The van der Waals surface area contributed by atoms with Gasteiger partial charge in [0.2, 0.25) is 0 Å². The van der Waals surface area contributed by atoms with Crippen molar-refractivity contribution in [2.75, 3.05) is 21.3 Å². The Balaban J connectivity index is 1.75. The Morgan fingerprint density at radius 3 is 1.70 bits per heavy atom. The van der Waals surface area contributed by atoms with Crippen molar-refractivity contribution < 1.29 is 19.0 Å². The molecule has 30 heavy (non-hydrogen) atoms. The minimum absolute atomic E-state index is 0.318. The summed E-state index contributed by atoms with van der Waals surface area (Å²) in [5.41, 5.74) is 5.36. The molecule has 0 fully saturated rings. The Labute approximate surface area is 178 Å². The minimum atomic E-state index is -0.318. The van der Waals surface area contributed by atoms with Crippen molar-refractivity contribution in [1.29, 1.82) is 0 Å². The van der Waals surface area contributed by atoms with Crippen molar-refractivity contribution in [1.82, 2.24) is 0 Å². The molecule has 0 N–H and O–H groups in total. The molecule has 0 aliphatic heterocycles. The van der Waals surface area contributed by atoms with Crippen molar-refractivity contribution in [3.05, 3.63) is 94.5 Å². The summed E-state index contributed by atoms with van der Waals surface area (Å²) >= 11 is 0. The van der Waals surface area contributed by atoms with Gasteiger partial charge in [-0.05, 0) is 66.1 Å². The van der Waals surface area contributed by atoms with E-state index in [2.05, 4.69) is 30.3 Å². The topological polar surface area (TPSA) is 44.8 Å². The van der Waals surface area contributed by atoms with E-state index in [0.29, 0.717) is 5.56 Å². The van der Waals surface area contributed by atoms with Crippen LogP contribution >= 0.6 is 0 Å². The maximum Gasteiger partial charge on any atom is 0.337 e. The van der Waals surface area contributed by atoms with Crippen molar-refractivity contribution in [3.8, 4) is 11.5 Å². The molecule has 0 atom stereocenters. The van der Waals surface area contributed by atoms with Crippen molar-refractivity contribution in [2.24, 2.45) is 0 Å². The summed E-state index contributed by atoms with van der Waals surface area (Å²) in [6.45, 7) is 0. The smallest absolute Gasteiger partial charge is 0.337 e. The van der Waals surface area contributed by atoms with Crippen LogP contribution in [0.15, 0.2) is 66.7 Å². The van der Waals surface area contributed by atoms with E-state index in [1.54, 1.807) is 26.4 Å². The van der Waals surface area contributed by atoms with Gasteiger partial charge in [0.1, 0.15) is 11.5 Å². The third-order valence-corrected chi connectivity index (χ3v) is 5.27. The van der Waals surface area contributed by atoms with Gasteiger partial charge in [-0.1, -0.05) is 42.5 Å². The summed E-state index contributed by atoms with van der Waals surface area (Å²) in [6.07, 6.45) is 3.54. The number of hydrogen-bond donors (Lipinski definition) is 0. The second kappa shape index (κ2) is 10.5. The number of hydrogen-bond acceptors (Lipinski definition) is 4. The molecule has 4 heteroatoms. The number of carbonyl (C=O) groups is 1. The van der Waals surface area contributed by atoms with E-state index in [1.807, 2.05) is 24.3 Å². The average molecular weight is 405 g/mol. The molecule has 3 rings (SSSR count). The van der Waals surface area contributed by atoms with E-state index in [4.69, 9.17) is 14.2 Å². The fourth-order valence-corrected chi connectivity index (χ4v) is 3.56. The molecule has 4 nitrogen and oxygen atoms in total. The molecule has 0 aromatic heterocycles. The van der Waals surface area contributed by atoms with Crippen molar-refractivity contribution in [3.63, 3.8) is 0 Å². The lowest BCUT2D eigenvalue weighted by Crippen LogP contribution is -2.03. The monoisotopic (exact) mass is 404 g/mol. The lowest BCUT2D eigenvalue weighted by atomic mass is 9.97. The predicted octanol–water partition coefficient (Wildman–Crippen LogP) is 5.06. The number of carbonyl (C=O) groups excluding carboxylic acids is 1. The summed E-state index contributed by atoms with van der Waals surface area (Å²) in [4.78, 5) is 11.6. The summed E-state index contributed by atoms with van der Waals surface area (Å²) in [6, 6.07) is 22.2. The van der Waals surface area contributed by atoms with E-state index in [0.717, 1.165) is 48.3 Å². The van der Waals surface area contributed by atoms with Gasteiger partial charge >= 0.3 is 5.97 Å². The van der Waals surface area contributed by atoms with Crippen LogP contribution in [-0.2, 0) is 30.4 Å². The largest absolute Gasteiger partial charge is 0.496 e. The summed E-state index contributed by atoms with van der Waals surface area (Å²) < 4.78 is 16.0. The van der Waals surface area contributed by atoms with E-state index < -0.39 is 0 Å². The molecule has 156 valence electrons. The van der Waals surface area contributed by atoms with Gasteiger partial charge < -0.3 is 14.2 Å². The van der Waals surface area contributed by atoms with Crippen LogP contribution in [0, 0.1) is 0 Å². The van der Waals surface area contributed by atoms with Gasteiger partial charge in [0.05, 0.1) is 26.9 Å². The molecule has 0 unspecified atom stereocenters. The fourth-order valence-electron chi connectivity index (χ4n) is 3.56. The lowest BCUT2D eigenvalue weighted by Gasteiger charge is -2.15. The first-order valence-corrected chi connectivity index (χ1v) is 10.1. The number of methoxy groups -OCH3 is 3. The first-order valence-electron chi connectivity index (χ1n) is 10.1. The SMILES string of the molecule is COC(=O)c1ccc(CCc2cc(CCc3ccccc3)c(OC)cc2OC)cc1. The van der Waals surface area contributed by atoms with Crippen molar-refractivity contribution >= 4 is 5.97 Å². The van der Waals surface area contributed by atoms with Crippen LogP contribution in [0.25, 0.3) is 0 Å². The van der Waals surface area contributed by atoms with Gasteiger partial charge in [0.25, 0.3) is 0 Å². The Hall–Kier alpha value is -3.27.